The lowest BCUT2D eigenvalue weighted by Gasteiger charge is -2.33. The van der Waals surface area contributed by atoms with Crippen molar-refractivity contribution in [3.63, 3.8) is 0 Å². The summed E-state index contributed by atoms with van der Waals surface area (Å²) in [7, 11) is 3.76. The Balaban J connectivity index is 1.49. The number of pyridine rings is 1. The Labute approximate surface area is 232 Å². The van der Waals surface area contributed by atoms with Gasteiger partial charge >= 0.3 is 6.03 Å². The Hall–Kier alpha value is -4.51. The number of likely N-dealkylation sites (N-methyl/N-ethyl adjacent to an activating group) is 1. The maximum absolute atomic E-state index is 15.6. The van der Waals surface area contributed by atoms with Gasteiger partial charge in [0.05, 0.1) is 34.9 Å². The summed E-state index contributed by atoms with van der Waals surface area (Å²) in [6, 6.07) is 12.8. The molecule has 10 nitrogen and oxygen atoms in total. The minimum atomic E-state index is -0.796. The predicted octanol–water partition coefficient (Wildman–Crippen LogP) is 4.07. The van der Waals surface area contributed by atoms with E-state index in [1.54, 1.807) is 30.5 Å². The number of hydrogen-bond acceptors (Lipinski definition) is 6. The Morgan fingerprint density at radius 1 is 1.10 bits per heavy atom. The molecule has 0 saturated carbocycles. The third-order valence-corrected chi connectivity index (χ3v) is 7.21. The monoisotopic (exact) mass is 544 g/mol. The Morgan fingerprint density at radius 2 is 1.85 bits per heavy atom. The highest BCUT2D eigenvalue weighted by Gasteiger charge is 2.28. The second-order valence-electron chi connectivity index (χ2n) is 10.4. The number of benzene rings is 2. The van der Waals surface area contributed by atoms with Gasteiger partial charge in [0.1, 0.15) is 17.3 Å². The highest BCUT2D eigenvalue weighted by atomic mass is 19.1. The van der Waals surface area contributed by atoms with E-state index in [1.165, 1.54) is 12.1 Å². The van der Waals surface area contributed by atoms with Gasteiger partial charge in [-0.15, -0.1) is 0 Å². The van der Waals surface area contributed by atoms with E-state index in [0.717, 1.165) is 28.8 Å². The number of nitrogen functional groups attached to an aromatic ring is 1. The summed E-state index contributed by atoms with van der Waals surface area (Å²) < 4.78 is 17.6. The van der Waals surface area contributed by atoms with Gasteiger partial charge in [-0.25, -0.2) is 14.2 Å². The molecular formula is C29H33FN8O2. The molecule has 4 aromatic rings. The fourth-order valence-corrected chi connectivity index (χ4v) is 5.31. The van der Waals surface area contributed by atoms with Crippen LogP contribution in [-0.2, 0) is 4.79 Å². The van der Waals surface area contributed by atoms with E-state index in [-0.39, 0.29) is 17.6 Å². The van der Waals surface area contributed by atoms with Gasteiger partial charge in [0.15, 0.2) is 0 Å². The second kappa shape index (κ2) is 10.9. The van der Waals surface area contributed by atoms with Crippen LogP contribution in [0.4, 0.5) is 26.4 Å². The number of nitrogens with two attached hydrogens (primary N) is 2. The van der Waals surface area contributed by atoms with Gasteiger partial charge < -0.3 is 21.3 Å². The molecule has 2 aromatic carbocycles. The molecule has 0 aliphatic carbocycles. The number of carbonyl (C=O) groups is 2. The molecule has 0 radical (unpaired) electrons. The SMILES string of the molecule is Cc1cccc(N(C(N)=O)c2ccc(-c3nn(C4CCN(C(=O)CN(C)C)CC4)c4ccnc(N)c34)cc2F)c1. The van der Waals surface area contributed by atoms with Crippen molar-refractivity contribution < 1.29 is 14.0 Å². The molecular weight excluding hydrogens is 511 g/mol. The lowest BCUT2D eigenvalue weighted by atomic mass is 10.0. The smallest absolute Gasteiger partial charge is 0.323 e. The van der Waals surface area contributed by atoms with Crippen molar-refractivity contribution in [1.29, 1.82) is 0 Å². The first-order valence-electron chi connectivity index (χ1n) is 13.2. The number of likely N-dealkylation sites (tertiary alicyclic amines) is 1. The molecule has 1 aliphatic heterocycles. The number of urea groups is 1. The van der Waals surface area contributed by atoms with Crippen molar-refractivity contribution in [2.75, 3.05) is 44.4 Å². The van der Waals surface area contributed by atoms with Crippen LogP contribution in [0, 0.1) is 12.7 Å². The van der Waals surface area contributed by atoms with Gasteiger partial charge in [0.2, 0.25) is 5.91 Å². The highest BCUT2D eigenvalue weighted by Crippen LogP contribution is 2.37. The van der Waals surface area contributed by atoms with E-state index < -0.39 is 11.8 Å². The molecule has 4 N–H and O–H groups in total. The zero-order valence-electron chi connectivity index (χ0n) is 22.8. The summed E-state index contributed by atoms with van der Waals surface area (Å²) in [5.74, 6) is -0.231. The molecule has 0 bridgehead atoms. The van der Waals surface area contributed by atoms with Crippen molar-refractivity contribution in [3.05, 3.63) is 66.1 Å². The zero-order chi connectivity index (χ0) is 28.6. The van der Waals surface area contributed by atoms with Gasteiger partial charge in [-0.05, 0) is 69.8 Å². The number of primary amides is 1. The number of aromatic nitrogens is 3. The molecule has 1 fully saturated rings. The number of carbonyl (C=O) groups excluding carboxylic acids is 2. The van der Waals surface area contributed by atoms with Crippen molar-refractivity contribution in [1.82, 2.24) is 24.6 Å². The van der Waals surface area contributed by atoms with Crippen LogP contribution in [0.15, 0.2) is 54.7 Å². The van der Waals surface area contributed by atoms with E-state index in [2.05, 4.69) is 4.98 Å². The van der Waals surface area contributed by atoms with E-state index in [9.17, 15) is 9.59 Å². The summed E-state index contributed by atoms with van der Waals surface area (Å²) in [5.41, 5.74) is 15.2. The zero-order valence-corrected chi connectivity index (χ0v) is 22.8. The van der Waals surface area contributed by atoms with Crippen LogP contribution < -0.4 is 16.4 Å². The molecule has 1 aliphatic rings. The first-order valence-corrected chi connectivity index (χ1v) is 13.2. The number of aryl methyl sites for hydroxylation is 1. The largest absolute Gasteiger partial charge is 0.383 e. The topological polar surface area (TPSA) is 127 Å². The second-order valence-corrected chi connectivity index (χ2v) is 10.4. The van der Waals surface area contributed by atoms with Gasteiger partial charge in [0, 0.05) is 24.8 Å². The summed E-state index contributed by atoms with van der Waals surface area (Å²) in [4.78, 5) is 34.0. The van der Waals surface area contributed by atoms with Crippen LogP contribution >= 0.6 is 0 Å². The van der Waals surface area contributed by atoms with Gasteiger partial charge in [-0.1, -0.05) is 18.2 Å². The van der Waals surface area contributed by atoms with Crippen molar-refractivity contribution in [2.24, 2.45) is 5.73 Å². The highest BCUT2D eigenvalue weighted by molar-refractivity contribution is 6.01. The van der Waals surface area contributed by atoms with E-state index in [1.807, 2.05) is 47.6 Å². The average molecular weight is 545 g/mol. The number of hydrogen-bond donors (Lipinski definition) is 2. The van der Waals surface area contributed by atoms with Crippen molar-refractivity contribution in [2.45, 2.75) is 25.8 Å². The molecule has 11 heteroatoms. The number of rotatable bonds is 6. The van der Waals surface area contributed by atoms with Crippen LogP contribution in [-0.4, -0.2) is 70.2 Å². The third kappa shape index (κ3) is 5.20. The third-order valence-electron chi connectivity index (χ3n) is 7.21. The lowest BCUT2D eigenvalue weighted by Crippen LogP contribution is -2.43. The van der Waals surface area contributed by atoms with E-state index in [4.69, 9.17) is 16.6 Å². The molecule has 40 heavy (non-hydrogen) atoms. The van der Waals surface area contributed by atoms with Crippen LogP contribution in [0.2, 0.25) is 0 Å². The predicted molar refractivity (Wildman–Crippen MR) is 154 cm³/mol. The van der Waals surface area contributed by atoms with Crippen LogP contribution in [0.25, 0.3) is 22.2 Å². The van der Waals surface area contributed by atoms with E-state index in [0.29, 0.717) is 47.8 Å². The minimum Gasteiger partial charge on any atom is -0.383 e. The van der Waals surface area contributed by atoms with Gasteiger partial charge in [-0.3, -0.25) is 14.4 Å². The summed E-state index contributed by atoms with van der Waals surface area (Å²) >= 11 is 0. The van der Waals surface area contributed by atoms with Crippen LogP contribution in [0.3, 0.4) is 0 Å². The van der Waals surface area contributed by atoms with Gasteiger partial charge in [0.25, 0.3) is 0 Å². The quantitative estimate of drug-likeness (QED) is 0.377. The first-order chi connectivity index (χ1) is 19.1. The molecule has 0 spiro atoms. The lowest BCUT2D eigenvalue weighted by molar-refractivity contribution is -0.133. The maximum Gasteiger partial charge on any atom is 0.323 e. The van der Waals surface area contributed by atoms with Crippen LogP contribution in [0.5, 0.6) is 0 Å². The Kier molecular flexibility index (Phi) is 7.40. The van der Waals surface area contributed by atoms with E-state index >= 15 is 4.39 Å². The summed E-state index contributed by atoms with van der Waals surface area (Å²) in [6.07, 6.45) is 3.09. The maximum atomic E-state index is 15.6. The molecule has 0 atom stereocenters. The molecule has 3 amide bonds. The Bertz CT molecular complexity index is 1580. The summed E-state index contributed by atoms with van der Waals surface area (Å²) in [6.45, 7) is 3.51. The minimum absolute atomic E-state index is 0.0337. The number of piperidine rings is 1. The number of nitrogens with zero attached hydrogens (tertiary/aromatic N) is 6. The normalized spacial score (nSPS) is 14.2. The molecule has 5 rings (SSSR count). The molecule has 1 saturated heterocycles. The molecule has 208 valence electrons. The fourth-order valence-electron chi connectivity index (χ4n) is 5.31. The Morgan fingerprint density at radius 3 is 2.50 bits per heavy atom. The number of anilines is 3. The molecule has 3 heterocycles. The standard InChI is InChI=1S/C29H33FN8O2/c1-18-5-4-6-21(15-18)37(29(32)40)23-8-7-19(16-22(23)30)27-26-24(9-12-33-28(26)31)38(34-27)20-10-13-36(14-11-20)25(39)17-35(2)3/h4-9,12,15-16,20H,10-11,13-14,17H2,1-3H3,(H2,31,33)(H2,32,40). The van der Waals surface area contributed by atoms with Crippen molar-refractivity contribution in [3.8, 4) is 11.3 Å². The molecule has 0 unspecified atom stereocenters. The van der Waals surface area contributed by atoms with Crippen LogP contribution in [0.1, 0.15) is 24.4 Å². The number of amides is 3. The number of fused-ring (bicyclic) bond motifs is 1. The molecule has 2 aromatic heterocycles. The van der Waals surface area contributed by atoms with Crippen molar-refractivity contribution >= 4 is 40.0 Å². The first kappa shape index (κ1) is 27.1. The fraction of sp³-hybridized carbons (Fsp3) is 0.310. The summed E-state index contributed by atoms with van der Waals surface area (Å²) in [5, 5.41) is 5.53. The van der Waals surface area contributed by atoms with Gasteiger partial charge in [-0.2, -0.15) is 5.10 Å². The number of halogens is 1. The average Bonchev–Trinajstić information content (AvgIpc) is 3.30.